The number of ether oxygens (including phenoxy) is 1. The molecule has 6 heteroatoms. The van der Waals surface area contributed by atoms with Crippen molar-refractivity contribution in [3.8, 4) is 5.75 Å². The molecular formula is C16H18ClNO3S. The molecule has 0 fully saturated rings. The molecular weight excluding hydrogens is 322 g/mol. The minimum Gasteiger partial charge on any atom is -0.488 e. The number of aromatic amines is 1. The van der Waals surface area contributed by atoms with Crippen LogP contribution in [0.15, 0.2) is 41.3 Å². The molecule has 2 aromatic rings. The van der Waals surface area contributed by atoms with Gasteiger partial charge in [-0.3, -0.25) is 9.00 Å². The second-order valence-electron chi connectivity index (χ2n) is 4.89. The highest BCUT2D eigenvalue weighted by Crippen LogP contribution is 2.13. The van der Waals surface area contributed by atoms with Crippen LogP contribution in [0.4, 0.5) is 0 Å². The van der Waals surface area contributed by atoms with Gasteiger partial charge >= 0.3 is 0 Å². The van der Waals surface area contributed by atoms with E-state index in [9.17, 15) is 9.00 Å². The van der Waals surface area contributed by atoms with Gasteiger partial charge in [-0.25, -0.2) is 0 Å². The van der Waals surface area contributed by atoms with Crippen LogP contribution >= 0.6 is 11.6 Å². The molecule has 1 heterocycles. The minimum absolute atomic E-state index is 0.193. The van der Waals surface area contributed by atoms with Crippen molar-refractivity contribution >= 4 is 22.4 Å². The molecule has 1 unspecified atom stereocenters. The first kappa shape index (κ1) is 16.8. The Morgan fingerprint density at radius 3 is 2.77 bits per heavy atom. The number of pyridine rings is 1. The van der Waals surface area contributed by atoms with E-state index in [0.29, 0.717) is 28.8 Å². The summed E-state index contributed by atoms with van der Waals surface area (Å²) in [6.07, 6.45) is 2.37. The number of halogens is 1. The van der Waals surface area contributed by atoms with Gasteiger partial charge in [0.2, 0.25) is 5.43 Å². The number of aromatic nitrogens is 1. The van der Waals surface area contributed by atoms with E-state index < -0.39 is 10.8 Å². The van der Waals surface area contributed by atoms with Gasteiger partial charge < -0.3 is 9.72 Å². The van der Waals surface area contributed by atoms with Crippen LogP contribution in [0, 0.1) is 0 Å². The lowest BCUT2D eigenvalue weighted by molar-refractivity contribution is 0.313. The summed E-state index contributed by atoms with van der Waals surface area (Å²) >= 11 is 5.91. The third-order valence-electron chi connectivity index (χ3n) is 2.93. The number of rotatable bonds is 7. The van der Waals surface area contributed by atoms with Crippen molar-refractivity contribution in [2.24, 2.45) is 0 Å². The molecule has 0 saturated heterocycles. The second-order valence-corrected chi connectivity index (χ2v) is 6.79. The van der Waals surface area contributed by atoms with E-state index >= 15 is 0 Å². The SMILES string of the molecule is CCCOc1c[nH]c(CS(=O)Cc2cccc(Cl)c2)cc1=O. The van der Waals surface area contributed by atoms with Crippen LogP contribution in [-0.4, -0.2) is 15.8 Å². The van der Waals surface area contributed by atoms with Crippen LogP contribution in [0.5, 0.6) is 5.75 Å². The average Bonchev–Trinajstić information content (AvgIpc) is 2.46. The van der Waals surface area contributed by atoms with Crippen LogP contribution in [0.1, 0.15) is 24.6 Å². The first-order valence-corrected chi connectivity index (χ1v) is 8.89. The maximum absolute atomic E-state index is 12.2. The number of hydrogen-bond donors (Lipinski definition) is 1. The van der Waals surface area contributed by atoms with Crippen LogP contribution in [0.2, 0.25) is 5.02 Å². The molecule has 0 aliphatic heterocycles. The Labute approximate surface area is 136 Å². The molecule has 0 spiro atoms. The van der Waals surface area contributed by atoms with E-state index in [2.05, 4.69) is 4.98 Å². The highest BCUT2D eigenvalue weighted by molar-refractivity contribution is 7.83. The second kappa shape index (κ2) is 8.15. The van der Waals surface area contributed by atoms with Crippen LogP contribution in [0.25, 0.3) is 0 Å². The van der Waals surface area contributed by atoms with Crippen molar-refractivity contribution in [2.75, 3.05) is 6.61 Å². The molecule has 1 aromatic carbocycles. The van der Waals surface area contributed by atoms with Gasteiger partial charge in [-0.05, 0) is 24.1 Å². The molecule has 0 amide bonds. The van der Waals surface area contributed by atoms with E-state index in [0.717, 1.165) is 12.0 Å². The molecule has 0 aliphatic carbocycles. The van der Waals surface area contributed by atoms with Crippen molar-refractivity contribution in [3.05, 3.63) is 63.0 Å². The van der Waals surface area contributed by atoms with Gasteiger partial charge in [0.25, 0.3) is 0 Å². The fraction of sp³-hybridized carbons (Fsp3) is 0.312. The molecule has 0 saturated carbocycles. The molecule has 4 nitrogen and oxygen atoms in total. The minimum atomic E-state index is -1.12. The molecule has 118 valence electrons. The summed E-state index contributed by atoms with van der Waals surface area (Å²) in [6, 6.07) is 8.73. The van der Waals surface area contributed by atoms with E-state index in [-0.39, 0.29) is 11.2 Å². The number of benzene rings is 1. The van der Waals surface area contributed by atoms with Crippen molar-refractivity contribution < 1.29 is 8.95 Å². The fourth-order valence-electron chi connectivity index (χ4n) is 1.95. The van der Waals surface area contributed by atoms with Crippen molar-refractivity contribution in [2.45, 2.75) is 24.9 Å². The largest absolute Gasteiger partial charge is 0.488 e. The van der Waals surface area contributed by atoms with Gasteiger partial charge in [-0.1, -0.05) is 30.7 Å². The summed E-state index contributed by atoms with van der Waals surface area (Å²) in [5, 5.41) is 0.625. The third kappa shape index (κ3) is 5.00. The molecule has 0 bridgehead atoms. The molecule has 1 N–H and O–H groups in total. The zero-order chi connectivity index (χ0) is 15.9. The van der Waals surface area contributed by atoms with Crippen molar-refractivity contribution in [1.82, 2.24) is 4.98 Å². The van der Waals surface area contributed by atoms with Gasteiger partial charge in [-0.2, -0.15) is 0 Å². The van der Waals surface area contributed by atoms with Crippen LogP contribution in [-0.2, 0) is 22.3 Å². The Morgan fingerprint density at radius 1 is 1.27 bits per heavy atom. The lowest BCUT2D eigenvalue weighted by Gasteiger charge is -2.06. The first-order valence-electron chi connectivity index (χ1n) is 7.02. The summed E-state index contributed by atoms with van der Waals surface area (Å²) in [4.78, 5) is 14.8. The fourth-order valence-corrected chi connectivity index (χ4v) is 3.33. The molecule has 0 aliphatic rings. The van der Waals surface area contributed by atoms with Gasteiger partial charge in [0.15, 0.2) is 5.75 Å². The summed E-state index contributed by atoms with van der Waals surface area (Å²) in [7, 11) is -1.12. The Hall–Kier alpha value is -1.59. The van der Waals surface area contributed by atoms with E-state index in [4.69, 9.17) is 16.3 Å². The normalized spacial score (nSPS) is 12.1. The lowest BCUT2D eigenvalue weighted by Crippen LogP contribution is -2.11. The van der Waals surface area contributed by atoms with E-state index in [1.807, 2.05) is 19.1 Å². The monoisotopic (exact) mass is 339 g/mol. The van der Waals surface area contributed by atoms with Crippen molar-refractivity contribution in [1.29, 1.82) is 0 Å². The molecule has 22 heavy (non-hydrogen) atoms. The number of nitrogens with one attached hydrogen (secondary N) is 1. The predicted molar refractivity (Wildman–Crippen MR) is 89.9 cm³/mol. The molecule has 1 aromatic heterocycles. The van der Waals surface area contributed by atoms with Crippen LogP contribution in [0.3, 0.4) is 0 Å². The average molecular weight is 340 g/mol. The van der Waals surface area contributed by atoms with Crippen molar-refractivity contribution in [3.63, 3.8) is 0 Å². The van der Waals surface area contributed by atoms with Gasteiger partial charge in [0, 0.05) is 39.5 Å². The molecule has 2 rings (SSSR count). The maximum Gasteiger partial charge on any atom is 0.223 e. The molecule has 1 atom stereocenters. The molecule has 0 radical (unpaired) electrons. The number of H-pyrrole nitrogens is 1. The Bertz CT molecular complexity index is 715. The smallest absolute Gasteiger partial charge is 0.223 e. The Morgan fingerprint density at radius 2 is 2.09 bits per heavy atom. The maximum atomic E-state index is 12.2. The summed E-state index contributed by atoms with van der Waals surface area (Å²) in [5.41, 5.74) is 1.35. The topological polar surface area (TPSA) is 59.2 Å². The predicted octanol–water partition coefficient (Wildman–Crippen LogP) is 3.27. The zero-order valence-electron chi connectivity index (χ0n) is 12.3. The lowest BCUT2D eigenvalue weighted by atomic mass is 10.2. The highest BCUT2D eigenvalue weighted by Gasteiger charge is 2.07. The van der Waals surface area contributed by atoms with Gasteiger partial charge in [0.05, 0.1) is 12.4 Å². The third-order valence-corrected chi connectivity index (χ3v) is 4.46. The van der Waals surface area contributed by atoms with Crippen LogP contribution < -0.4 is 10.2 Å². The Kier molecular flexibility index (Phi) is 6.21. The summed E-state index contributed by atoms with van der Waals surface area (Å²) < 4.78 is 17.5. The van der Waals surface area contributed by atoms with E-state index in [1.165, 1.54) is 12.3 Å². The standard InChI is InChI=1S/C16H18ClNO3S/c1-2-6-21-16-9-18-14(8-15(16)19)11-22(20)10-12-4-3-5-13(17)7-12/h3-5,7-9H,2,6,10-11H2,1H3,(H,18,19). The zero-order valence-corrected chi connectivity index (χ0v) is 13.9. The van der Waals surface area contributed by atoms with Gasteiger partial charge in [-0.15, -0.1) is 0 Å². The summed E-state index contributed by atoms with van der Waals surface area (Å²) in [6.45, 7) is 2.48. The number of hydrogen-bond acceptors (Lipinski definition) is 3. The van der Waals surface area contributed by atoms with Gasteiger partial charge in [0.1, 0.15) is 0 Å². The quantitative estimate of drug-likeness (QED) is 0.842. The first-order chi connectivity index (χ1) is 10.6. The van der Waals surface area contributed by atoms with E-state index in [1.54, 1.807) is 12.1 Å². The highest BCUT2D eigenvalue weighted by atomic mass is 35.5. The summed E-state index contributed by atoms with van der Waals surface area (Å²) in [5.74, 6) is 0.984. The Balaban J connectivity index is 1.99.